The predicted molar refractivity (Wildman–Crippen MR) is 70.1 cm³/mol. The van der Waals surface area contributed by atoms with E-state index in [-0.39, 0.29) is 81.6 Å². The fourth-order valence-electron chi connectivity index (χ4n) is 2.29. The fourth-order valence-corrected chi connectivity index (χ4v) is 2.62. The minimum absolute atomic E-state index is 0. The monoisotopic (exact) mass is 410 g/mol. The van der Waals surface area contributed by atoms with Gasteiger partial charge in [-0.25, -0.2) is 9.97 Å². The number of aromatic hydroxyl groups is 1. The first kappa shape index (κ1) is 26.3. The second kappa shape index (κ2) is 10.2. The van der Waals surface area contributed by atoms with Crippen molar-refractivity contribution < 1.29 is 104 Å². The zero-order chi connectivity index (χ0) is 16.8. The Kier molecular flexibility index (Phi) is 10.3. The van der Waals surface area contributed by atoms with Crippen molar-refractivity contribution in [1.82, 2.24) is 19.5 Å². The van der Waals surface area contributed by atoms with E-state index in [0.29, 0.717) is 0 Å². The van der Waals surface area contributed by atoms with Gasteiger partial charge in [0.2, 0.25) is 5.88 Å². The zero-order valence-corrected chi connectivity index (χ0v) is 18.7. The van der Waals surface area contributed by atoms with Gasteiger partial charge in [-0.15, -0.1) is 0 Å². The Hall–Kier alpha value is 0.300. The van der Waals surface area contributed by atoms with Crippen LogP contribution in [0, 0.1) is 0 Å². The minimum atomic E-state index is -5.24. The van der Waals surface area contributed by atoms with E-state index in [9.17, 15) is 29.7 Å². The maximum atomic E-state index is 10.5. The van der Waals surface area contributed by atoms with Gasteiger partial charge in [-0.05, 0) is 0 Å². The van der Waals surface area contributed by atoms with E-state index in [2.05, 4.69) is 19.5 Å². The van der Waals surface area contributed by atoms with Crippen LogP contribution in [-0.2, 0) is 13.8 Å². The number of imidazole rings is 1. The number of aromatic nitrogens is 4. The van der Waals surface area contributed by atoms with Crippen molar-refractivity contribution in [1.29, 1.82) is 0 Å². The van der Waals surface area contributed by atoms with Crippen molar-refractivity contribution in [2.24, 2.45) is 0 Å². The molecule has 2 aromatic rings. The molecule has 0 bridgehead atoms. The minimum Gasteiger partial charge on any atom is -0.790 e. The molecule has 5 N–H and O–H groups in total. The smallest absolute Gasteiger partial charge is 0.790 e. The second-order valence-corrected chi connectivity index (χ2v) is 5.96. The molecule has 0 spiro atoms. The van der Waals surface area contributed by atoms with Crippen LogP contribution in [0.3, 0.4) is 0 Å². The van der Waals surface area contributed by atoms with Gasteiger partial charge < -0.3 is 44.4 Å². The maximum Gasteiger partial charge on any atom is 1.00 e. The number of phosphoric ester groups is 1. The molecular formula is C10H13N4Na2O9P. The molecule has 1 aliphatic rings. The molecule has 0 unspecified atom stereocenters. The zero-order valence-electron chi connectivity index (χ0n) is 13.8. The fraction of sp³-hybridized carbons (Fsp3) is 0.500. The molecule has 0 saturated carbocycles. The molecule has 0 amide bonds. The van der Waals surface area contributed by atoms with Gasteiger partial charge in [0.1, 0.15) is 24.6 Å². The molecule has 0 radical (unpaired) electrons. The number of fused-ring (bicyclic) bond motifs is 1. The Labute approximate surface area is 190 Å². The molecular weight excluding hydrogens is 397 g/mol. The van der Waals surface area contributed by atoms with Gasteiger partial charge in [-0.1, -0.05) is 0 Å². The van der Waals surface area contributed by atoms with E-state index in [1.807, 2.05) is 0 Å². The van der Waals surface area contributed by atoms with Gasteiger partial charge >= 0.3 is 59.1 Å². The molecule has 2 aromatic heterocycles. The number of hydrogen-bond donors (Lipinski definition) is 3. The molecule has 3 heterocycles. The molecule has 0 aliphatic carbocycles. The number of ether oxygens (including phenoxy) is 1. The predicted octanol–water partition coefficient (Wildman–Crippen LogP) is -9.82. The quantitative estimate of drug-likeness (QED) is 0.317. The van der Waals surface area contributed by atoms with Crippen LogP contribution in [0.2, 0.25) is 0 Å². The molecule has 4 atom stereocenters. The third-order valence-corrected chi connectivity index (χ3v) is 3.81. The van der Waals surface area contributed by atoms with Gasteiger partial charge in [-0.2, -0.15) is 4.98 Å². The molecule has 16 heteroatoms. The van der Waals surface area contributed by atoms with Crippen LogP contribution in [0.5, 0.6) is 5.88 Å². The van der Waals surface area contributed by atoms with Crippen LogP contribution in [0.15, 0.2) is 12.7 Å². The van der Waals surface area contributed by atoms with Gasteiger partial charge in [-0.3, -0.25) is 4.57 Å². The summed E-state index contributed by atoms with van der Waals surface area (Å²) in [5.41, 5.74) is 0.190. The van der Waals surface area contributed by atoms with Crippen molar-refractivity contribution in [2.45, 2.75) is 24.5 Å². The van der Waals surface area contributed by atoms with Crippen LogP contribution in [0.1, 0.15) is 6.23 Å². The molecule has 13 nitrogen and oxygen atoms in total. The second-order valence-electron chi connectivity index (χ2n) is 4.81. The average Bonchev–Trinajstić information content (AvgIpc) is 3.01. The Bertz CT molecular complexity index is 774. The first-order chi connectivity index (χ1) is 10.8. The summed E-state index contributed by atoms with van der Waals surface area (Å²) in [5, 5.41) is 29.5. The van der Waals surface area contributed by atoms with E-state index in [0.717, 1.165) is 6.33 Å². The van der Waals surface area contributed by atoms with E-state index in [1.54, 1.807) is 0 Å². The third-order valence-electron chi connectivity index (χ3n) is 3.35. The molecule has 1 aliphatic heterocycles. The average molecular weight is 410 g/mol. The van der Waals surface area contributed by atoms with Crippen LogP contribution in [-0.4, -0.2) is 65.2 Å². The topological polar surface area (TPSA) is 217 Å². The molecule has 1 fully saturated rings. The van der Waals surface area contributed by atoms with Crippen molar-refractivity contribution >= 4 is 19.0 Å². The molecule has 3 rings (SSSR count). The Morgan fingerprint density at radius 2 is 1.88 bits per heavy atom. The van der Waals surface area contributed by atoms with Gasteiger partial charge in [0.05, 0.1) is 20.8 Å². The van der Waals surface area contributed by atoms with Crippen LogP contribution in [0.25, 0.3) is 11.2 Å². The SMILES string of the molecule is O.O=P([O-])([O-])OC[C@H]1O[C@@H](n2cnc3c(O)ncnc32)[C@H](O)[C@@H]1O.[Na+].[Na+]. The van der Waals surface area contributed by atoms with Crippen molar-refractivity contribution in [3.63, 3.8) is 0 Å². The summed E-state index contributed by atoms with van der Waals surface area (Å²) in [7, 11) is -5.24. The Morgan fingerprint density at radius 1 is 1.23 bits per heavy atom. The van der Waals surface area contributed by atoms with Crippen LogP contribution >= 0.6 is 7.82 Å². The first-order valence-electron chi connectivity index (χ1n) is 6.32. The summed E-state index contributed by atoms with van der Waals surface area (Å²) >= 11 is 0. The summed E-state index contributed by atoms with van der Waals surface area (Å²) in [6.07, 6.45) is -3.11. The summed E-state index contributed by atoms with van der Waals surface area (Å²) in [5.74, 6) is -0.375. The van der Waals surface area contributed by atoms with E-state index in [1.165, 1.54) is 10.9 Å². The van der Waals surface area contributed by atoms with Gasteiger partial charge in [0.15, 0.2) is 17.4 Å². The largest absolute Gasteiger partial charge is 1.00 e. The summed E-state index contributed by atoms with van der Waals surface area (Å²) in [6.45, 7) is -0.744. The normalized spacial score (nSPS) is 25.2. The molecule has 134 valence electrons. The Balaban J connectivity index is 0.00000208. The van der Waals surface area contributed by atoms with Gasteiger partial charge in [0.25, 0.3) is 0 Å². The van der Waals surface area contributed by atoms with Crippen molar-refractivity contribution in [3.8, 4) is 5.88 Å². The summed E-state index contributed by atoms with van der Waals surface area (Å²) in [6, 6.07) is 0. The number of hydrogen-bond acceptors (Lipinski definition) is 11. The van der Waals surface area contributed by atoms with Crippen molar-refractivity contribution in [3.05, 3.63) is 12.7 Å². The number of aliphatic hydroxyl groups is 2. The first-order valence-corrected chi connectivity index (χ1v) is 7.78. The Morgan fingerprint density at radius 3 is 2.50 bits per heavy atom. The standard InChI is InChI=1S/C10H13N4O8P.2Na.H2O/c15-6-4(1-21-23(18,19)20)22-10(7(6)16)14-3-13-5-8(14)11-2-12-9(5)17;;;/h2-4,6-7,10,15-16H,1H2,(H,11,12,17)(H2,18,19,20);;;1H2/q;2*+1;/p-2/t4-,6-,7-,10-;;;/m1.../s1. The van der Waals surface area contributed by atoms with Gasteiger partial charge in [0, 0.05) is 0 Å². The number of rotatable bonds is 4. The number of nitrogens with zero attached hydrogens (tertiary/aromatic N) is 4. The van der Waals surface area contributed by atoms with Crippen LogP contribution in [0.4, 0.5) is 0 Å². The third kappa shape index (κ3) is 5.43. The number of aliphatic hydroxyl groups excluding tert-OH is 2. The van der Waals surface area contributed by atoms with E-state index in [4.69, 9.17) is 4.74 Å². The maximum absolute atomic E-state index is 10.5. The summed E-state index contributed by atoms with van der Waals surface area (Å²) < 4.78 is 21.1. The summed E-state index contributed by atoms with van der Waals surface area (Å²) in [4.78, 5) is 32.3. The van der Waals surface area contributed by atoms with E-state index < -0.39 is 39.0 Å². The van der Waals surface area contributed by atoms with Crippen molar-refractivity contribution in [2.75, 3.05) is 6.61 Å². The molecule has 0 aromatic carbocycles. The number of phosphoric acid groups is 1. The van der Waals surface area contributed by atoms with Crippen LogP contribution < -0.4 is 68.9 Å². The molecule has 26 heavy (non-hydrogen) atoms. The van der Waals surface area contributed by atoms with E-state index >= 15 is 0 Å². The molecule has 1 saturated heterocycles.